The summed E-state index contributed by atoms with van der Waals surface area (Å²) in [5.41, 5.74) is 8.19. The molecule has 0 atom stereocenters. The zero-order valence-electron chi connectivity index (χ0n) is 22.3. The van der Waals surface area contributed by atoms with E-state index < -0.39 is 0 Å². The number of hydrogen-bond acceptors (Lipinski definition) is 5. The van der Waals surface area contributed by atoms with Crippen LogP contribution in [0.3, 0.4) is 0 Å². The van der Waals surface area contributed by atoms with Crippen molar-refractivity contribution in [2.75, 3.05) is 38.5 Å². The van der Waals surface area contributed by atoms with Crippen LogP contribution in [-0.4, -0.2) is 39.1 Å². The summed E-state index contributed by atoms with van der Waals surface area (Å²) in [6.07, 6.45) is 6.73. The van der Waals surface area contributed by atoms with Gasteiger partial charge in [0.25, 0.3) is 0 Å². The second-order valence-electron chi connectivity index (χ2n) is 10.2. The molecule has 5 heteroatoms. The van der Waals surface area contributed by atoms with Gasteiger partial charge in [0.05, 0.1) is 18.4 Å². The molecule has 1 aliphatic carbocycles. The molecule has 0 amide bonds. The normalized spacial score (nSPS) is 14.1. The van der Waals surface area contributed by atoms with Crippen LogP contribution in [0.15, 0.2) is 60.7 Å². The van der Waals surface area contributed by atoms with Crippen molar-refractivity contribution < 1.29 is 9.53 Å². The van der Waals surface area contributed by atoms with Gasteiger partial charge in [0, 0.05) is 30.7 Å². The quantitative estimate of drug-likeness (QED) is 0.337. The van der Waals surface area contributed by atoms with Crippen molar-refractivity contribution in [3.05, 3.63) is 82.9 Å². The molecule has 1 fully saturated rings. The highest BCUT2D eigenvalue weighted by atomic mass is 16.5. The number of rotatable bonds is 8. The second-order valence-corrected chi connectivity index (χ2v) is 10.2. The molecule has 0 spiro atoms. The van der Waals surface area contributed by atoms with E-state index in [0.717, 1.165) is 40.7 Å². The topological polar surface area (TPSA) is 44.8 Å². The Morgan fingerprint density at radius 1 is 0.889 bits per heavy atom. The van der Waals surface area contributed by atoms with Crippen molar-refractivity contribution in [3.8, 4) is 0 Å². The van der Waals surface area contributed by atoms with E-state index in [1.165, 1.54) is 50.5 Å². The van der Waals surface area contributed by atoms with E-state index >= 15 is 0 Å². The summed E-state index contributed by atoms with van der Waals surface area (Å²) in [6.45, 7) is 2.84. The SMILES string of the molecule is COC(=O)c1cc(CN(C)C)ccc1Nc1ccc(N(C)c2ccc(C3CCCCC3)cc2)cc1C. The molecule has 5 nitrogen and oxygen atoms in total. The van der Waals surface area contributed by atoms with Gasteiger partial charge in [-0.05, 0) is 98.9 Å². The van der Waals surface area contributed by atoms with Crippen LogP contribution in [0.5, 0.6) is 0 Å². The van der Waals surface area contributed by atoms with Crippen LogP contribution in [0.4, 0.5) is 22.7 Å². The van der Waals surface area contributed by atoms with E-state index in [0.29, 0.717) is 5.56 Å². The number of hydrogen-bond donors (Lipinski definition) is 1. The number of nitrogens with zero attached hydrogens (tertiary/aromatic N) is 2. The summed E-state index contributed by atoms with van der Waals surface area (Å²) in [5.74, 6) is 0.376. The first-order chi connectivity index (χ1) is 17.4. The summed E-state index contributed by atoms with van der Waals surface area (Å²) >= 11 is 0. The molecule has 0 radical (unpaired) electrons. The van der Waals surface area contributed by atoms with Gasteiger partial charge in [-0.1, -0.05) is 37.5 Å². The van der Waals surface area contributed by atoms with E-state index in [4.69, 9.17) is 4.74 Å². The van der Waals surface area contributed by atoms with Gasteiger partial charge in [-0.15, -0.1) is 0 Å². The van der Waals surface area contributed by atoms with Crippen LogP contribution in [0, 0.1) is 6.92 Å². The fraction of sp³-hybridized carbons (Fsp3) is 0.387. The van der Waals surface area contributed by atoms with Crippen LogP contribution < -0.4 is 10.2 Å². The Morgan fingerprint density at radius 3 is 2.19 bits per heavy atom. The maximum atomic E-state index is 12.5. The van der Waals surface area contributed by atoms with Crippen molar-refractivity contribution in [2.24, 2.45) is 0 Å². The highest BCUT2D eigenvalue weighted by molar-refractivity contribution is 5.97. The first-order valence-electron chi connectivity index (χ1n) is 12.9. The number of ether oxygens (including phenoxy) is 1. The fourth-order valence-corrected chi connectivity index (χ4v) is 5.14. The maximum Gasteiger partial charge on any atom is 0.339 e. The lowest BCUT2D eigenvalue weighted by molar-refractivity contribution is 0.0601. The highest BCUT2D eigenvalue weighted by Crippen LogP contribution is 2.35. The lowest BCUT2D eigenvalue weighted by atomic mass is 9.84. The molecule has 3 aromatic rings. The molecule has 3 aromatic carbocycles. The molecular weight excluding hydrogens is 446 g/mol. The van der Waals surface area contributed by atoms with E-state index in [9.17, 15) is 4.79 Å². The minimum atomic E-state index is -0.344. The van der Waals surface area contributed by atoms with Gasteiger partial charge in [-0.25, -0.2) is 4.79 Å². The van der Waals surface area contributed by atoms with Gasteiger partial charge in [0.1, 0.15) is 0 Å². The molecule has 1 N–H and O–H groups in total. The molecule has 190 valence electrons. The zero-order valence-corrected chi connectivity index (χ0v) is 22.3. The van der Waals surface area contributed by atoms with Crippen LogP contribution in [0.1, 0.15) is 65.1 Å². The third kappa shape index (κ3) is 6.08. The van der Waals surface area contributed by atoms with Gasteiger partial charge in [-0.3, -0.25) is 0 Å². The lowest BCUT2D eigenvalue weighted by Crippen LogP contribution is -2.13. The Labute approximate surface area is 216 Å². The minimum Gasteiger partial charge on any atom is -0.465 e. The standard InChI is InChI=1S/C31H39N3O2/c1-22-19-27(34(4)26-14-12-25(13-15-26)24-9-7-6-8-10-24)16-18-29(22)32-30-17-11-23(21-33(2)3)20-28(30)31(35)36-5/h11-20,24,32H,6-10,21H2,1-5H3. The fourth-order valence-electron chi connectivity index (χ4n) is 5.14. The molecule has 0 heterocycles. The van der Waals surface area contributed by atoms with Gasteiger partial charge >= 0.3 is 5.97 Å². The molecule has 36 heavy (non-hydrogen) atoms. The smallest absolute Gasteiger partial charge is 0.339 e. The first-order valence-corrected chi connectivity index (χ1v) is 12.9. The Balaban J connectivity index is 1.51. The largest absolute Gasteiger partial charge is 0.465 e. The Bertz CT molecular complexity index is 1180. The van der Waals surface area contributed by atoms with Gasteiger partial charge < -0.3 is 19.9 Å². The summed E-state index contributed by atoms with van der Waals surface area (Å²) < 4.78 is 5.05. The molecular formula is C31H39N3O2. The summed E-state index contributed by atoms with van der Waals surface area (Å²) in [5, 5.41) is 3.45. The number of esters is 1. The van der Waals surface area contributed by atoms with E-state index in [2.05, 4.69) is 71.6 Å². The van der Waals surface area contributed by atoms with Gasteiger partial charge in [0.15, 0.2) is 0 Å². The summed E-state index contributed by atoms with van der Waals surface area (Å²) in [7, 11) is 7.55. The third-order valence-electron chi connectivity index (χ3n) is 7.21. The minimum absolute atomic E-state index is 0.344. The highest BCUT2D eigenvalue weighted by Gasteiger charge is 2.17. The Hall–Kier alpha value is -3.31. The molecule has 0 aliphatic heterocycles. The average molecular weight is 486 g/mol. The van der Waals surface area contributed by atoms with Crippen LogP contribution >= 0.6 is 0 Å². The average Bonchev–Trinajstić information content (AvgIpc) is 2.90. The number of carbonyl (C=O) groups excluding carboxylic acids is 1. The Kier molecular flexibility index (Phi) is 8.32. The predicted octanol–water partition coefficient (Wildman–Crippen LogP) is 7.40. The van der Waals surface area contributed by atoms with Crippen molar-refractivity contribution in [3.63, 3.8) is 0 Å². The molecule has 4 rings (SSSR count). The molecule has 1 aliphatic rings. The lowest BCUT2D eigenvalue weighted by Gasteiger charge is -2.24. The maximum absolute atomic E-state index is 12.5. The number of methoxy groups -OCH3 is 1. The summed E-state index contributed by atoms with van der Waals surface area (Å²) in [6, 6.07) is 21.4. The van der Waals surface area contributed by atoms with Crippen molar-refractivity contribution >= 4 is 28.7 Å². The molecule has 0 saturated heterocycles. The Morgan fingerprint density at radius 2 is 1.56 bits per heavy atom. The molecule has 0 unspecified atom stereocenters. The van der Waals surface area contributed by atoms with Crippen molar-refractivity contribution in [2.45, 2.75) is 51.5 Å². The number of nitrogens with one attached hydrogen (secondary N) is 1. The van der Waals surface area contributed by atoms with Crippen LogP contribution in [-0.2, 0) is 11.3 Å². The van der Waals surface area contributed by atoms with Crippen molar-refractivity contribution in [1.29, 1.82) is 0 Å². The van der Waals surface area contributed by atoms with E-state index in [1.54, 1.807) is 0 Å². The monoisotopic (exact) mass is 485 g/mol. The second kappa shape index (κ2) is 11.6. The molecule has 1 saturated carbocycles. The van der Waals surface area contributed by atoms with E-state index in [1.807, 2.05) is 32.3 Å². The van der Waals surface area contributed by atoms with Crippen LogP contribution in [0.2, 0.25) is 0 Å². The third-order valence-corrected chi connectivity index (χ3v) is 7.21. The van der Waals surface area contributed by atoms with Gasteiger partial charge in [0.2, 0.25) is 0 Å². The predicted molar refractivity (Wildman–Crippen MR) is 150 cm³/mol. The summed E-state index contributed by atoms with van der Waals surface area (Å²) in [4.78, 5) is 16.8. The van der Waals surface area contributed by atoms with Crippen LogP contribution in [0.25, 0.3) is 0 Å². The first kappa shape index (κ1) is 25.8. The number of anilines is 4. The molecule has 0 aromatic heterocycles. The number of aryl methyl sites for hydroxylation is 1. The van der Waals surface area contributed by atoms with Gasteiger partial charge in [-0.2, -0.15) is 0 Å². The number of benzene rings is 3. The molecule has 0 bridgehead atoms. The van der Waals surface area contributed by atoms with E-state index in [-0.39, 0.29) is 5.97 Å². The zero-order chi connectivity index (χ0) is 25.7. The van der Waals surface area contributed by atoms with Crippen molar-refractivity contribution in [1.82, 2.24) is 4.90 Å². The number of carbonyl (C=O) groups is 1.